The molecule has 8 nitrogen and oxygen atoms in total. The molecule has 0 aliphatic carbocycles. The Kier molecular flexibility index (Phi) is 6.71. The highest BCUT2D eigenvalue weighted by Crippen LogP contribution is 2.36. The van der Waals surface area contributed by atoms with Crippen LogP contribution in [0.4, 0.5) is 19.0 Å². The van der Waals surface area contributed by atoms with Crippen LogP contribution in [0.25, 0.3) is 11.0 Å². The van der Waals surface area contributed by atoms with E-state index in [0.29, 0.717) is 37.0 Å². The summed E-state index contributed by atoms with van der Waals surface area (Å²) < 4.78 is 42.4. The van der Waals surface area contributed by atoms with Gasteiger partial charge in [0.1, 0.15) is 23.6 Å². The standard InChI is InChI=1S/C25H25F3N6O2/c1-14(16-5-4-6-17(20(16)26)21(27)28)32-22-18-11-19(24(36)33(3)23(18)31-13-30-22)25(12-29)7-9-34(10-8-25)15(2)35/h4-6,11,13-14,21H,7-10H2,1-3H3,(H,30,31,32). The van der Waals surface area contributed by atoms with Gasteiger partial charge in [0.05, 0.1) is 28.5 Å². The van der Waals surface area contributed by atoms with Gasteiger partial charge in [-0.1, -0.05) is 18.2 Å². The second kappa shape index (κ2) is 9.60. The van der Waals surface area contributed by atoms with Crippen LogP contribution >= 0.6 is 0 Å². The molecule has 1 unspecified atom stereocenters. The summed E-state index contributed by atoms with van der Waals surface area (Å²) >= 11 is 0. The summed E-state index contributed by atoms with van der Waals surface area (Å²) in [5.41, 5.74) is -1.58. The Balaban J connectivity index is 1.78. The van der Waals surface area contributed by atoms with E-state index in [1.54, 1.807) is 17.9 Å². The monoisotopic (exact) mass is 498 g/mol. The van der Waals surface area contributed by atoms with Crippen molar-refractivity contribution >= 4 is 22.8 Å². The van der Waals surface area contributed by atoms with Gasteiger partial charge in [0, 0.05) is 38.2 Å². The van der Waals surface area contributed by atoms with E-state index in [9.17, 15) is 28.0 Å². The number of anilines is 1. The van der Waals surface area contributed by atoms with E-state index in [0.717, 1.165) is 6.07 Å². The van der Waals surface area contributed by atoms with Crippen LogP contribution in [0.5, 0.6) is 0 Å². The molecule has 11 heteroatoms. The van der Waals surface area contributed by atoms with E-state index in [1.807, 2.05) is 0 Å². The number of hydrogen-bond donors (Lipinski definition) is 1. The summed E-state index contributed by atoms with van der Waals surface area (Å²) in [5, 5.41) is 13.6. The van der Waals surface area contributed by atoms with Gasteiger partial charge in [-0.3, -0.25) is 14.2 Å². The van der Waals surface area contributed by atoms with E-state index >= 15 is 0 Å². The third-order valence-electron chi connectivity index (χ3n) is 6.91. The van der Waals surface area contributed by atoms with Crippen LogP contribution in [0.3, 0.4) is 0 Å². The molecule has 1 N–H and O–H groups in total. The van der Waals surface area contributed by atoms with Gasteiger partial charge in [0.25, 0.3) is 12.0 Å². The quantitative estimate of drug-likeness (QED) is 0.571. The number of halogens is 3. The Labute approximate surface area is 205 Å². The van der Waals surface area contributed by atoms with Gasteiger partial charge in [-0.05, 0) is 25.8 Å². The summed E-state index contributed by atoms with van der Waals surface area (Å²) in [6, 6.07) is 6.95. The van der Waals surface area contributed by atoms with Crippen molar-refractivity contribution in [1.82, 2.24) is 19.4 Å². The Morgan fingerprint density at radius 3 is 2.50 bits per heavy atom. The number of carbonyl (C=O) groups excluding carboxylic acids is 1. The van der Waals surface area contributed by atoms with Gasteiger partial charge in [0.2, 0.25) is 5.91 Å². The van der Waals surface area contributed by atoms with E-state index in [-0.39, 0.29) is 28.4 Å². The number of alkyl halides is 2. The largest absolute Gasteiger partial charge is 0.363 e. The van der Waals surface area contributed by atoms with Crippen molar-refractivity contribution in [2.24, 2.45) is 7.05 Å². The zero-order chi connectivity index (χ0) is 26.2. The number of benzene rings is 1. The fourth-order valence-corrected chi connectivity index (χ4v) is 4.73. The first kappa shape index (κ1) is 25.2. The first-order valence-electron chi connectivity index (χ1n) is 11.4. The number of amides is 1. The first-order valence-corrected chi connectivity index (χ1v) is 11.4. The number of fused-ring (bicyclic) bond motifs is 1. The number of likely N-dealkylation sites (tertiary alicyclic amines) is 1. The smallest absolute Gasteiger partial charge is 0.266 e. The van der Waals surface area contributed by atoms with Crippen LogP contribution in [-0.2, 0) is 17.3 Å². The highest BCUT2D eigenvalue weighted by molar-refractivity contribution is 5.87. The number of hydrogen-bond acceptors (Lipinski definition) is 6. The highest BCUT2D eigenvalue weighted by Gasteiger charge is 2.40. The zero-order valence-corrected chi connectivity index (χ0v) is 20.1. The van der Waals surface area contributed by atoms with E-state index < -0.39 is 29.3 Å². The number of aryl methyl sites for hydroxylation is 1. The molecule has 3 heterocycles. The highest BCUT2D eigenvalue weighted by atomic mass is 19.3. The molecule has 2 aromatic heterocycles. The molecular weight excluding hydrogens is 473 g/mol. The topological polar surface area (TPSA) is 104 Å². The van der Waals surface area contributed by atoms with Gasteiger partial charge < -0.3 is 10.2 Å². The number of nitrogens with zero attached hydrogens (tertiary/aromatic N) is 5. The number of nitrogens with one attached hydrogen (secondary N) is 1. The predicted molar refractivity (Wildman–Crippen MR) is 127 cm³/mol. The van der Waals surface area contributed by atoms with Crippen LogP contribution in [0.2, 0.25) is 0 Å². The van der Waals surface area contributed by atoms with Gasteiger partial charge in [-0.15, -0.1) is 0 Å². The molecule has 0 radical (unpaired) electrons. The Hall–Kier alpha value is -3.94. The third kappa shape index (κ3) is 4.27. The number of pyridine rings is 1. The lowest BCUT2D eigenvalue weighted by Gasteiger charge is -2.37. The molecule has 1 fully saturated rings. The maximum atomic E-state index is 14.7. The lowest BCUT2D eigenvalue weighted by Crippen LogP contribution is -2.46. The number of carbonyl (C=O) groups is 1. The number of piperidine rings is 1. The summed E-state index contributed by atoms with van der Waals surface area (Å²) in [6.45, 7) is 3.76. The molecule has 1 aliphatic heterocycles. The summed E-state index contributed by atoms with van der Waals surface area (Å²) in [4.78, 5) is 35.2. The minimum Gasteiger partial charge on any atom is -0.363 e. The number of nitriles is 1. The van der Waals surface area contributed by atoms with Gasteiger partial charge in [0.15, 0.2) is 0 Å². The minimum atomic E-state index is -2.95. The molecule has 0 spiro atoms. The Morgan fingerprint density at radius 1 is 1.22 bits per heavy atom. The molecule has 36 heavy (non-hydrogen) atoms. The molecule has 1 aliphatic rings. The van der Waals surface area contributed by atoms with Crippen molar-refractivity contribution in [3.8, 4) is 6.07 Å². The zero-order valence-electron chi connectivity index (χ0n) is 20.1. The van der Waals surface area contributed by atoms with Crippen molar-refractivity contribution in [2.75, 3.05) is 18.4 Å². The average molecular weight is 499 g/mol. The molecule has 0 bridgehead atoms. The van der Waals surface area contributed by atoms with Crippen LogP contribution in [0, 0.1) is 17.1 Å². The van der Waals surface area contributed by atoms with Gasteiger partial charge in [-0.25, -0.2) is 23.1 Å². The normalized spacial score (nSPS) is 16.1. The Morgan fingerprint density at radius 2 is 1.89 bits per heavy atom. The third-order valence-corrected chi connectivity index (χ3v) is 6.91. The molecule has 1 aromatic carbocycles. The van der Waals surface area contributed by atoms with E-state index in [4.69, 9.17) is 0 Å². The van der Waals surface area contributed by atoms with E-state index in [2.05, 4.69) is 21.4 Å². The maximum Gasteiger partial charge on any atom is 0.266 e. The Bertz CT molecular complexity index is 1420. The van der Waals surface area contributed by atoms with Crippen molar-refractivity contribution in [3.63, 3.8) is 0 Å². The maximum absolute atomic E-state index is 14.7. The van der Waals surface area contributed by atoms with Gasteiger partial charge in [-0.2, -0.15) is 5.26 Å². The first-order chi connectivity index (χ1) is 17.1. The second-order valence-corrected chi connectivity index (χ2v) is 9.00. The fourth-order valence-electron chi connectivity index (χ4n) is 4.73. The fraction of sp³-hybridized carbons (Fsp3) is 0.400. The van der Waals surface area contributed by atoms with Crippen LogP contribution in [0.15, 0.2) is 35.4 Å². The SMILES string of the molecule is CC(=O)N1CCC(C#N)(c2cc3c(NC(C)c4cccc(C(F)F)c4F)ncnc3n(C)c2=O)CC1. The van der Waals surface area contributed by atoms with Gasteiger partial charge >= 0.3 is 0 Å². The molecule has 1 saturated heterocycles. The van der Waals surface area contributed by atoms with Crippen LogP contribution in [-0.4, -0.2) is 38.4 Å². The number of rotatable bonds is 5. The lowest BCUT2D eigenvalue weighted by atomic mass is 9.74. The lowest BCUT2D eigenvalue weighted by molar-refractivity contribution is -0.130. The van der Waals surface area contributed by atoms with Crippen molar-refractivity contribution in [2.45, 2.75) is 44.6 Å². The molecule has 1 atom stereocenters. The minimum absolute atomic E-state index is 0.0368. The van der Waals surface area contributed by atoms with Crippen LogP contribution < -0.4 is 10.9 Å². The summed E-state index contributed by atoms with van der Waals surface area (Å²) in [5.74, 6) is -0.829. The summed E-state index contributed by atoms with van der Waals surface area (Å²) in [7, 11) is 1.54. The van der Waals surface area contributed by atoms with Crippen molar-refractivity contribution in [1.29, 1.82) is 5.26 Å². The molecular formula is C25H25F3N6O2. The number of aromatic nitrogens is 3. The van der Waals surface area contributed by atoms with E-state index in [1.165, 1.54) is 37.0 Å². The predicted octanol–water partition coefficient (Wildman–Crippen LogP) is 3.98. The second-order valence-electron chi connectivity index (χ2n) is 9.00. The molecule has 4 rings (SSSR count). The molecule has 0 saturated carbocycles. The van der Waals surface area contributed by atoms with Crippen molar-refractivity contribution in [3.05, 3.63) is 63.5 Å². The molecule has 1 amide bonds. The van der Waals surface area contributed by atoms with Crippen LogP contribution in [0.1, 0.15) is 55.8 Å². The molecule has 3 aromatic rings. The summed E-state index contributed by atoms with van der Waals surface area (Å²) in [6.07, 6.45) is -1.12. The van der Waals surface area contributed by atoms with Crippen molar-refractivity contribution < 1.29 is 18.0 Å². The molecule has 188 valence electrons. The average Bonchev–Trinajstić information content (AvgIpc) is 2.86.